The molecule has 0 bridgehead atoms. The molecule has 1 heterocycles. The lowest BCUT2D eigenvalue weighted by Gasteiger charge is -2.15. The number of rotatable bonds is 7. The highest BCUT2D eigenvalue weighted by molar-refractivity contribution is 6.31. The quantitative estimate of drug-likeness (QED) is 0.171. The maximum Gasteiger partial charge on any atom is 0.256 e. The van der Waals surface area contributed by atoms with Crippen LogP contribution in [0, 0.1) is 0 Å². The molecule has 1 aliphatic heterocycles. The molecule has 7 nitrogen and oxygen atoms in total. The summed E-state index contributed by atoms with van der Waals surface area (Å²) in [6.45, 7) is 0.143. The second-order valence-corrected chi connectivity index (χ2v) is 9.38. The van der Waals surface area contributed by atoms with E-state index in [9.17, 15) is 9.59 Å². The summed E-state index contributed by atoms with van der Waals surface area (Å²) in [5, 5.41) is 7.94. The summed E-state index contributed by atoms with van der Waals surface area (Å²) < 4.78 is 16.2. The number of nitrogens with one attached hydrogen (secondary N) is 2. The van der Waals surface area contributed by atoms with Crippen molar-refractivity contribution in [2.45, 2.75) is 0 Å². The Hall–Kier alpha value is -5.56. The normalized spacial score (nSPS) is 12.2. The minimum Gasteiger partial charge on any atom is -0.497 e. The van der Waals surface area contributed by atoms with Gasteiger partial charge in [-0.3, -0.25) is 9.59 Å². The van der Waals surface area contributed by atoms with Crippen molar-refractivity contribution in [2.75, 3.05) is 24.5 Å². The van der Waals surface area contributed by atoms with Gasteiger partial charge in [0.15, 0.2) is 11.5 Å². The number of benzene rings is 5. The first-order chi connectivity index (χ1) is 20.1. The lowest BCUT2D eigenvalue weighted by molar-refractivity contribution is -0.111. The number of hydrogen-bond donors (Lipinski definition) is 2. The largest absolute Gasteiger partial charge is 0.497 e. The minimum atomic E-state index is -0.377. The van der Waals surface area contributed by atoms with Crippen LogP contribution >= 0.6 is 0 Å². The molecule has 0 saturated carbocycles. The summed E-state index contributed by atoms with van der Waals surface area (Å²) in [5.41, 5.74) is 3.14. The van der Waals surface area contributed by atoms with Gasteiger partial charge in [0.05, 0.1) is 7.11 Å². The van der Waals surface area contributed by atoms with E-state index in [-0.39, 0.29) is 18.6 Å². The van der Waals surface area contributed by atoms with Gasteiger partial charge in [-0.2, -0.15) is 0 Å². The number of methoxy groups -OCH3 is 1. The number of ether oxygens (including phenoxy) is 3. The van der Waals surface area contributed by atoms with E-state index in [1.54, 1.807) is 67.8 Å². The smallest absolute Gasteiger partial charge is 0.256 e. The maximum atomic E-state index is 13.8. The van der Waals surface area contributed by atoms with Crippen molar-refractivity contribution in [2.24, 2.45) is 0 Å². The van der Waals surface area contributed by atoms with E-state index in [1.165, 1.54) is 0 Å². The van der Waals surface area contributed by atoms with Crippen LogP contribution in [0.2, 0.25) is 0 Å². The highest BCUT2D eigenvalue weighted by atomic mass is 16.7. The summed E-state index contributed by atoms with van der Waals surface area (Å²) in [6, 6.07) is 33.2. The second-order valence-electron chi connectivity index (χ2n) is 9.38. The monoisotopic (exact) mass is 542 g/mol. The Balaban J connectivity index is 1.39. The molecule has 41 heavy (non-hydrogen) atoms. The molecule has 2 N–H and O–H groups in total. The Morgan fingerprint density at radius 2 is 1.49 bits per heavy atom. The highest BCUT2D eigenvalue weighted by Gasteiger charge is 2.21. The SMILES string of the molecule is COc1ccc(NC(=O)/C(=C\c2ccc3c(c2)OCO3)c2ccccc2C(=O)Nc2cccc3ccccc23)cc1. The molecule has 5 aromatic carbocycles. The van der Waals surface area contributed by atoms with Crippen molar-refractivity contribution in [3.8, 4) is 17.2 Å². The molecule has 0 radical (unpaired) electrons. The van der Waals surface area contributed by atoms with Crippen LogP contribution in [0.1, 0.15) is 21.5 Å². The maximum absolute atomic E-state index is 13.8. The number of amides is 2. The predicted octanol–water partition coefficient (Wildman–Crippen LogP) is 7.01. The molecule has 0 spiro atoms. The average molecular weight is 543 g/mol. The van der Waals surface area contributed by atoms with E-state index in [2.05, 4.69) is 10.6 Å². The lowest BCUT2D eigenvalue weighted by Crippen LogP contribution is -2.18. The van der Waals surface area contributed by atoms with Gasteiger partial charge >= 0.3 is 0 Å². The molecule has 0 aromatic heterocycles. The van der Waals surface area contributed by atoms with Crippen molar-refractivity contribution in [3.63, 3.8) is 0 Å². The van der Waals surface area contributed by atoms with E-state index < -0.39 is 0 Å². The van der Waals surface area contributed by atoms with Gasteiger partial charge < -0.3 is 24.8 Å². The van der Waals surface area contributed by atoms with Crippen molar-refractivity contribution < 1.29 is 23.8 Å². The summed E-state index contributed by atoms with van der Waals surface area (Å²) in [6.07, 6.45) is 1.74. The zero-order chi connectivity index (χ0) is 28.2. The third-order valence-electron chi connectivity index (χ3n) is 6.80. The van der Waals surface area contributed by atoms with E-state index in [0.717, 1.165) is 16.3 Å². The van der Waals surface area contributed by atoms with Crippen LogP contribution < -0.4 is 24.8 Å². The fourth-order valence-corrected chi connectivity index (χ4v) is 4.75. The molecular weight excluding hydrogens is 516 g/mol. The summed E-state index contributed by atoms with van der Waals surface area (Å²) in [4.78, 5) is 27.5. The molecule has 2 amide bonds. The molecule has 7 heteroatoms. The zero-order valence-corrected chi connectivity index (χ0v) is 22.2. The standard InChI is InChI=1S/C34H26N2O5/c1-39-25-16-14-24(15-17-25)35-34(38)29(19-22-13-18-31-32(20-22)41-21-40-31)27-10-4-5-11-28(27)33(37)36-30-12-6-8-23-7-2-3-9-26(23)30/h2-20H,21H2,1H3,(H,35,38)(H,36,37)/b29-19-. The number of carbonyl (C=O) groups excluding carboxylic acids is 2. The molecule has 0 aliphatic carbocycles. The summed E-state index contributed by atoms with van der Waals surface area (Å²) in [7, 11) is 1.58. The first-order valence-corrected chi connectivity index (χ1v) is 13.0. The van der Waals surface area contributed by atoms with Crippen LogP contribution in [0.3, 0.4) is 0 Å². The van der Waals surface area contributed by atoms with Crippen LogP contribution in [-0.4, -0.2) is 25.7 Å². The van der Waals surface area contributed by atoms with Gasteiger partial charge in [-0.25, -0.2) is 0 Å². The van der Waals surface area contributed by atoms with Gasteiger partial charge in [0.2, 0.25) is 6.79 Å². The van der Waals surface area contributed by atoms with Crippen LogP contribution in [-0.2, 0) is 4.79 Å². The van der Waals surface area contributed by atoms with E-state index in [4.69, 9.17) is 14.2 Å². The minimum absolute atomic E-state index is 0.143. The van der Waals surface area contributed by atoms with Crippen LogP contribution in [0.25, 0.3) is 22.4 Å². The van der Waals surface area contributed by atoms with Crippen LogP contribution in [0.15, 0.2) is 109 Å². The van der Waals surface area contributed by atoms with Gasteiger partial charge in [-0.15, -0.1) is 0 Å². The number of fused-ring (bicyclic) bond motifs is 2. The Morgan fingerprint density at radius 1 is 0.756 bits per heavy atom. The number of hydrogen-bond acceptors (Lipinski definition) is 5. The Morgan fingerprint density at radius 3 is 2.32 bits per heavy atom. The van der Waals surface area contributed by atoms with Gasteiger partial charge in [-0.05, 0) is 71.1 Å². The van der Waals surface area contributed by atoms with Gasteiger partial charge in [0.25, 0.3) is 11.8 Å². The Bertz CT molecular complexity index is 1790. The van der Waals surface area contributed by atoms with Gasteiger partial charge in [0.1, 0.15) is 5.75 Å². The zero-order valence-electron chi connectivity index (χ0n) is 22.2. The number of anilines is 2. The van der Waals surface area contributed by atoms with Crippen molar-refractivity contribution in [1.82, 2.24) is 0 Å². The predicted molar refractivity (Wildman–Crippen MR) is 160 cm³/mol. The molecule has 0 atom stereocenters. The lowest BCUT2D eigenvalue weighted by atomic mass is 9.96. The average Bonchev–Trinajstić information content (AvgIpc) is 3.48. The molecule has 0 unspecified atom stereocenters. The van der Waals surface area contributed by atoms with Crippen molar-refractivity contribution >= 4 is 45.6 Å². The molecule has 1 aliphatic rings. The van der Waals surface area contributed by atoms with Crippen molar-refractivity contribution in [3.05, 3.63) is 126 Å². The molecule has 0 saturated heterocycles. The topological polar surface area (TPSA) is 85.9 Å². The number of carbonyl (C=O) groups is 2. The third kappa shape index (κ3) is 5.46. The van der Waals surface area contributed by atoms with Crippen LogP contribution in [0.5, 0.6) is 17.2 Å². The van der Waals surface area contributed by atoms with Gasteiger partial charge in [0, 0.05) is 27.9 Å². The summed E-state index contributed by atoms with van der Waals surface area (Å²) >= 11 is 0. The molecule has 6 rings (SSSR count). The molecule has 202 valence electrons. The van der Waals surface area contributed by atoms with Crippen LogP contribution in [0.4, 0.5) is 11.4 Å². The molecular formula is C34H26N2O5. The third-order valence-corrected chi connectivity index (χ3v) is 6.80. The van der Waals surface area contributed by atoms with Gasteiger partial charge in [-0.1, -0.05) is 60.7 Å². The molecule has 5 aromatic rings. The first-order valence-electron chi connectivity index (χ1n) is 13.0. The Labute approximate surface area is 237 Å². The van der Waals surface area contributed by atoms with E-state index in [1.807, 2.05) is 54.6 Å². The second kappa shape index (κ2) is 11.3. The Kier molecular flexibility index (Phi) is 7.07. The molecule has 0 fully saturated rings. The fourth-order valence-electron chi connectivity index (χ4n) is 4.75. The highest BCUT2D eigenvalue weighted by Crippen LogP contribution is 2.34. The fraction of sp³-hybridized carbons (Fsp3) is 0.0588. The van der Waals surface area contributed by atoms with Crippen molar-refractivity contribution in [1.29, 1.82) is 0 Å². The summed E-state index contributed by atoms with van der Waals surface area (Å²) in [5.74, 6) is 1.20. The first kappa shape index (κ1) is 25.7. The van der Waals surface area contributed by atoms with E-state index in [0.29, 0.717) is 45.3 Å². The van der Waals surface area contributed by atoms with E-state index >= 15 is 0 Å².